The average molecular weight is 362 g/mol. The summed E-state index contributed by atoms with van der Waals surface area (Å²) in [5.41, 5.74) is 5.39. The third-order valence-electron chi connectivity index (χ3n) is 4.00. The highest BCUT2D eigenvalue weighted by Crippen LogP contribution is 2.23. The zero-order valence-corrected chi connectivity index (χ0v) is 15.4. The Kier molecular flexibility index (Phi) is 4.53. The molecule has 4 aromatic rings. The van der Waals surface area contributed by atoms with Crippen LogP contribution >= 0.6 is 11.8 Å². The number of para-hydroxylation sites is 1. The Morgan fingerprint density at radius 2 is 1.62 bits per heavy atom. The summed E-state index contributed by atoms with van der Waals surface area (Å²) in [6.07, 6.45) is 0. The Labute approximate surface area is 155 Å². The second-order valence-electron chi connectivity index (χ2n) is 6.00. The zero-order chi connectivity index (χ0) is 17.9. The fraction of sp³-hybridized carbons (Fsp3) is 0.158. The Morgan fingerprint density at radius 1 is 0.885 bits per heavy atom. The summed E-state index contributed by atoms with van der Waals surface area (Å²) in [5.74, 6) is 0.796. The molecule has 0 aliphatic heterocycles. The molecule has 0 aliphatic carbocycles. The first kappa shape index (κ1) is 16.5. The molecule has 0 N–H and O–H groups in total. The maximum Gasteiger partial charge on any atom is 0.214 e. The predicted octanol–water partition coefficient (Wildman–Crippen LogP) is 3.76. The van der Waals surface area contributed by atoms with Crippen LogP contribution in [-0.2, 0) is 5.75 Å². The van der Waals surface area contributed by atoms with Crippen molar-refractivity contribution in [2.24, 2.45) is 0 Å². The quantitative estimate of drug-likeness (QED) is 0.506. The molecule has 0 bridgehead atoms. The van der Waals surface area contributed by atoms with E-state index in [1.54, 1.807) is 16.4 Å². The Balaban J connectivity index is 1.48. The largest absolute Gasteiger partial charge is 0.238 e. The van der Waals surface area contributed by atoms with Gasteiger partial charge in [0.05, 0.1) is 17.1 Å². The van der Waals surface area contributed by atoms with Gasteiger partial charge in [-0.2, -0.15) is 9.78 Å². The molecular formula is C19H18N6S. The van der Waals surface area contributed by atoms with Gasteiger partial charge in [0.25, 0.3) is 0 Å². The van der Waals surface area contributed by atoms with Gasteiger partial charge < -0.3 is 0 Å². The van der Waals surface area contributed by atoms with E-state index in [4.69, 9.17) is 0 Å². The molecule has 0 aliphatic rings. The first-order valence-electron chi connectivity index (χ1n) is 8.30. The van der Waals surface area contributed by atoms with E-state index in [9.17, 15) is 0 Å². The van der Waals surface area contributed by atoms with Gasteiger partial charge in [0.1, 0.15) is 0 Å². The minimum atomic E-state index is 0.777. The zero-order valence-electron chi connectivity index (χ0n) is 14.6. The lowest BCUT2D eigenvalue weighted by atomic mass is 10.2. The van der Waals surface area contributed by atoms with Crippen molar-refractivity contribution in [3.63, 3.8) is 0 Å². The lowest BCUT2D eigenvalue weighted by Gasteiger charge is -2.07. The van der Waals surface area contributed by atoms with E-state index in [0.717, 1.165) is 33.7 Å². The molecule has 130 valence electrons. The van der Waals surface area contributed by atoms with Crippen LogP contribution in [0.2, 0.25) is 0 Å². The Bertz CT molecular complexity index is 1000. The van der Waals surface area contributed by atoms with Gasteiger partial charge in [0.15, 0.2) is 0 Å². The normalized spacial score (nSPS) is 11.0. The molecule has 4 rings (SSSR count). The molecule has 2 aromatic carbocycles. The van der Waals surface area contributed by atoms with Gasteiger partial charge in [-0.25, -0.2) is 4.68 Å². The van der Waals surface area contributed by atoms with Crippen molar-refractivity contribution in [2.75, 3.05) is 0 Å². The van der Waals surface area contributed by atoms with E-state index in [-0.39, 0.29) is 0 Å². The number of hydrogen-bond donors (Lipinski definition) is 0. The van der Waals surface area contributed by atoms with Crippen LogP contribution in [0, 0.1) is 13.8 Å². The van der Waals surface area contributed by atoms with Gasteiger partial charge in [-0.05, 0) is 60.2 Å². The minimum absolute atomic E-state index is 0.777. The lowest BCUT2D eigenvalue weighted by Crippen LogP contribution is -1.99. The number of thioether (sulfide) groups is 1. The summed E-state index contributed by atoms with van der Waals surface area (Å²) >= 11 is 1.62. The smallest absolute Gasteiger partial charge is 0.214 e. The van der Waals surface area contributed by atoms with Crippen LogP contribution in [0.25, 0.3) is 11.4 Å². The van der Waals surface area contributed by atoms with Crippen molar-refractivity contribution < 1.29 is 0 Å². The molecule has 26 heavy (non-hydrogen) atoms. The van der Waals surface area contributed by atoms with Crippen LogP contribution in [-0.4, -0.2) is 30.0 Å². The van der Waals surface area contributed by atoms with Gasteiger partial charge >= 0.3 is 0 Å². The highest BCUT2D eigenvalue weighted by atomic mass is 32.2. The van der Waals surface area contributed by atoms with Crippen molar-refractivity contribution in [3.8, 4) is 11.4 Å². The predicted molar refractivity (Wildman–Crippen MR) is 102 cm³/mol. The Morgan fingerprint density at radius 3 is 2.31 bits per heavy atom. The van der Waals surface area contributed by atoms with Gasteiger partial charge in [-0.15, -0.1) is 5.10 Å². The van der Waals surface area contributed by atoms with E-state index >= 15 is 0 Å². The summed E-state index contributed by atoms with van der Waals surface area (Å²) in [7, 11) is 0. The third kappa shape index (κ3) is 3.39. The van der Waals surface area contributed by atoms with Gasteiger partial charge in [-0.3, -0.25) is 0 Å². The number of nitrogens with zero attached hydrogens (tertiary/aromatic N) is 6. The fourth-order valence-corrected chi connectivity index (χ4v) is 3.62. The van der Waals surface area contributed by atoms with E-state index in [1.165, 1.54) is 5.56 Å². The molecule has 0 atom stereocenters. The number of hydrogen-bond acceptors (Lipinski definition) is 5. The molecule has 0 fully saturated rings. The van der Waals surface area contributed by atoms with E-state index < -0.39 is 0 Å². The van der Waals surface area contributed by atoms with Crippen molar-refractivity contribution in [3.05, 3.63) is 77.6 Å². The van der Waals surface area contributed by atoms with Crippen LogP contribution in [0.5, 0.6) is 0 Å². The standard InChI is InChI=1S/C19H18N6S/c1-14-12-15(2)24(21-14)18-10-8-16(9-11-18)13-26-19-20-22-23-25(19)17-6-4-3-5-7-17/h3-12H,13H2,1-2H3. The fourth-order valence-electron chi connectivity index (χ4n) is 2.77. The molecule has 0 saturated heterocycles. The third-order valence-corrected chi connectivity index (χ3v) is 4.99. The van der Waals surface area contributed by atoms with E-state index in [1.807, 2.05) is 41.9 Å². The molecule has 2 heterocycles. The molecule has 0 amide bonds. The lowest BCUT2D eigenvalue weighted by molar-refractivity contribution is 0.756. The Hall–Kier alpha value is -2.93. The molecule has 0 unspecified atom stereocenters. The van der Waals surface area contributed by atoms with E-state index in [2.05, 4.69) is 57.9 Å². The first-order valence-corrected chi connectivity index (χ1v) is 9.28. The minimum Gasteiger partial charge on any atom is -0.238 e. The van der Waals surface area contributed by atoms with Crippen LogP contribution in [0.15, 0.2) is 65.8 Å². The van der Waals surface area contributed by atoms with Gasteiger partial charge in [0, 0.05) is 11.4 Å². The topological polar surface area (TPSA) is 61.4 Å². The summed E-state index contributed by atoms with van der Waals surface area (Å²) in [6.45, 7) is 4.07. The monoisotopic (exact) mass is 362 g/mol. The van der Waals surface area contributed by atoms with E-state index in [0.29, 0.717) is 0 Å². The van der Waals surface area contributed by atoms with Crippen molar-refractivity contribution in [1.82, 2.24) is 30.0 Å². The second kappa shape index (κ2) is 7.13. The first-order chi connectivity index (χ1) is 12.7. The van der Waals surface area contributed by atoms with Crippen LogP contribution in [0.4, 0.5) is 0 Å². The molecule has 6 nitrogen and oxygen atoms in total. The van der Waals surface area contributed by atoms with Crippen molar-refractivity contribution >= 4 is 11.8 Å². The average Bonchev–Trinajstić information content (AvgIpc) is 3.27. The number of aryl methyl sites for hydroxylation is 2. The summed E-state index contributed by atoms with van der Waals surface area (Å²) in [6, 6.07) is 20.4. The maximum absolute atomic E-state index is 4.52. The number of benzene rings is 2. The molecular weight excluding hydrogens is 344 g/mol. The van der Waals surface area contributed by atoms with Gasteiger partial charge in [0.2, 0.25) is 5.16 Å². The number of aromatic nitrogens is 6. The summed E-state index contributed by atoms with van der Waals surface area (Å²) in [4.78, 5) is 0. The van der Waals surface area contributed by atoms with Crippen molar-refractivity contribution in [2.45, 2.75) is 24.8 Å². The number of tetrazole rings is 1. The highest BCUT2D eigenvalue weighted by Gasteiger charge is 2.09. The molecule has 7 heteroatoms. The number of rotatable bonds is 5. The molecule has 0 radical (unpaired) electrons. The molecule has 0 spiro atoms. The second-order valence-corrected chi connectivity index (χ2v) is 6.95. The molecule has 0 saturated carbocycles. The summed E-state index contributed by atoms with van der Waals surface area (Å²) in [5, 5.41) is 17.3. The maximum atomic E-state index is 4.52. The summed E-state index contributed by atoms with van der Waals surface area (Å²) < 4.78 is 3.72. The van der Waals surface area contributed by atoms with Gasteiger partial charge in [-0.1, -0.05) is 42.1 Å². The van der Waals surface area contributed by atoms with Crippen LogP contribution in [0.1, 0.15) is 17.0 Å². The molecule has 2 aromatic heterocycles. The van der Waals surface area contributed by atoms with Crippen molar-refractivity contribution in [1.29, 1.82) is 0 Å². The SMILES string of the molecule is Cc1cc(C)n(-c2ccc(CSc3nnnn3-c3ccccc3)cc2)n1. The highest BCUT2D eigenvalue weighted by molar-refractivity contribution is 7.98. The van der Waals surface area contributed by atoms with Crippen LogP contribution < -0.4 is 0 Å². The van der Waals surface area contributed by atoms with Crippen LogP contribution in [0.3, 0.4) is 0 Å².